The third-order valence-corrected chi connectivity index (χ3v) is 8.04. The van der Waals surface area contributed by atoms with Crippen LogP contribution in [0, 0.1) is 29.1 Å². The molecule has 7 nitrogen and oxygen atoms in total. The van der Waals surface area contributed by atoms with E-state index in [4.69, 9.17) is 4.74 Å². The lowest BCUT2D eigenvalue weighted by Crippen LogP contribution is -2.59. The van der Waals surface area contributed by atoms with Gasteiger partial charge in [-0.3, -0.25) is 19.3 Å². The number of aliphatic hydroxyl groups is 1. The maximum absolute atomic E-state index is 12.9. The van der Waals surface area contributed by atoms with E-state index < -0.39 is 24.0 Å². The summed E-state index contributed by atoms with van der Waals surface area (Å²) in [5, 5.41) is 10.0. The molecule has 0 aromatic rings. The average Bonchev–Trinajstić information content (AvgIpc) is 3.20. The second kappa shape index (κ2) is 5.39. The highest BCUT2D eigenvalue weighted by Crippen LogP contribution is 2.53. The van der Waals surface area contributed by atoms with Crippen LogP contribution in [0.3, 0.4) is 0 Å². The molecule has 7 fully saturated rings. The first kappa shape index (κ1) is 16.6. The van der Waals surface area contributed by atoms with Crippen LogP contribution >= 0.6 is 0 Å². The van der Waals surface area contributed by atoms with Crippen LogP contribution in [-0.4, -0.2) is 77.0 Å². The SMILES string of the molecule is O=C(CN1C(=O)C2C3CC(O)C(O3)C2C1=O)CC12CC3CC(CN(C3)C1)C2. The summed E-state index contributed by atoms with van der Waals surface area (Å²) in [6, 6.07) is 0. The zero-order valence-electron chi connectivity index (χ0n) is 15.4. The zero-order chi connectivity index (χ0) is 18.5. The van der Waals surface area contributed by atoms with E-state index in [0.717, 1.165) is 19.4 Å². The molecule has 1 N–H and O–H groups in total. The largest absolute Gasteiger partial charge is 0.390 e. The number of amides is 2. The van der Waals surface area contributed by atoms with Crippen molar-refractivity contribution in [1.29, 1.82) is 0 Å². The van der Waals surface area contributed by atoms with Crippen molar-refractivity contribution in [3.8, 4) is 0 Å². The average molecular weight is 374 g/mol. The summed E-state index contributed by atoms with van der Waals surface area (Å²) in [4.78, 5) is 42.1. The maximum Gasteiger partial charge on any atom is 0.236 e. The van der Waals surface area contributed by atoms with Crippen LogP contribution in [0.4, 0.5) is 0 Å². The highest BCUT2D eigenvalue weighted by atomic mass is 16.5. The molecule has 7 aliphatic rings. The van der Waals surface area contributed by atoms with Crippen molar-refractivity contribution < 1.29 is 24.2 Å². The van der Waals surface area contributed by atoms with Crippen LogP contribution in [0.5, 0.6) is 0 Å². The van der Waals surface area contributed by atoms with Crippen molar-refractivity contribution in [2.75, 3.05) is 26.2 Å². The monoisotopic (exact) mass is 374 g/mol. The first-order valence-electron chi connectivity index (χ1n) is 10.4. The quantitative estimate of drug-likeness (QED) is 0.687. The van der Waals surface area contributed by atoms with E-state index in [0.29, 0.717) is 24.7 Å². The zero-order valence-corrected chi connectivity index (χ0v) is 15.4. The fourth-order valence-electron chi connectivity index (χ4n) is 7.55. The number of ether oxygens (including phenoxy) is 1. The number of piperidine rings is 3. The molecule has 1 aliphatic carbocycles. The van der Waals surface area contributed by atoms with Gasteiger partial charge in [0, 0.05) is 32.5 Å². The summed E-state index contributed by atoms with van der Waals surface area (Å²) in [6.07, 6.45) is 2.79. The van der Waals surface area contributed by atoms with Crippen molar-refractivity contribution in [2.24, 2.45) is 29.1 Å². The number of hydrogen-bond donors (Lipinski definition) is 1. The molecule has 6 saturated heterocycles. The maximum atomic E-state index is 12.9. The van der Waals surface area contributed by atoms with E-state index in [2.05, 4.69) is 4.90 Å². The van der Waals surface area contributed by atoms with E-state index >= 15 is 0 Å². The van der Waals surface area contributed by atoms with Gasteiger partial charge in [0.15, 0.2) is 5.78 Å². The van der Waals surface area contributed by atoms with Gasteiger partial charge in [-0.05, 0) is 36.5 Å². The first-order valence-corrected chi connectivity index (χ1v) is 10.4. The lowest BCUT2D eigenvalue weighted by atomic mass is 9.58. The van der Waals surface area contributed by atoms with E-state index in [1.165, 1.54) is 24.4 Å². The molecule has 146 valence electrons. The van der Waals surface area contributed by atoms with Crippen molar-refractivity contribution in [3.63, 3.8) is 0 Å². The molecule has 27 heavy (non-hydrogen) atoms. The molecule has 1 saturated carbocycles. The van der Waals surface area contributed by atoms with Gasteiger partial charge >= 0.3 is 0 Å². The van der Waals surface area contributed by atoms with Crippen molar-refractivity contribution in [1.82, 2.24) is 9.80 Å². The Morgan fingerprint density at radius 2 is 1.81 bits per heavy atom. The molecule has 7 atom stereocenters. The molecule has 6 aliphatic heterocycles. The number of nitrogens with zero attached hydrogens (tertiary/aromatic N) is 2. The molecule has 0 spiro atoms. The van der Waals surface area contributed by atoms with Gasteiger partial charge in [-0.25, -0.2) is 0 Å². The normalized spacial score (nSPS) is 52.1. The third kappa shape index (κ3) is 2.28. The van der Waals surface area contributed by atoms with Crippen LogP contribution in [0.2, 0.25) is 0 Å². The summed E-state index contributed by atoms with van der Waals surface area (Å²) in [7, 11) is 0. The highest BCUT2D eigenvalue weighted by molar-refractivity contribution is 6.08. The van der Waals surface area contributed by atoms with Crippen molar-refractivity contribution >= 4 is 17.6 Å². The number of Topliss-reactive ketones (excluding diaryl/α,β-unsaturated/α-hetero) is 1. The van der Waals surface area contributed by atoms with Crippen LogP contribution in [-0.2, 0) is 19.1 Å². The van der Waals surface area contributed by atoms with Gasteiger partial charge in [-0.2, -0.15) is 0 Å². The molecule has 7 rings (SSSR count). The van der Waals surface area contributed by atoms with E-state index in [1.54, 1.807) is 0 Å². The Labute approximate surface area is 158 Å². The first-order chi connectivity index (χ1) is 12.9. The molecule has 0 radical (unpaired) electrons. The molecule has 6 bridgehead atoms. The van der Waals surface area contributed by atoms with Gasteiger partial charge in [0.05, 0.1) is 36.7 Å². The van der Waals surface area contributed by atoms with Gasteiger partial charge in [0.25, 0.3) is 0 Å². The van der Waals surface area contributed by atoms with Crippen LogP contribution in [0.1, 0.15) is 32.1 Å². The van der Waals surface area contributed by atoms with Crippen LogP contribution in [0.15, 0.2) is 0 Å². The molecule has 7 heteroatoms. The predicted octanol–water partition coefficient (Wildman–Crippen LogP) is -0.189. The van der Waals surface area contributed by atoms with Gasteiger partial charge in [0.2, 0.25) is 11.8 Å². The Hall–Kier alpha value is -1.31. The fourth-order valence-corrected chi connectivity index (χ4v) is 7.55. The number of likely N-dealkylation sites (tertiary alicyclic amines) is 1. The molecule has 2 amide bonds. The molecule has 0 aromatic heterocycles. The summed E-state index contributed by atoms with van der Waals surface area (Å²) >= 11 is 0. The number of ketones is 1. The van der Waals surface area contributed by atoms with E-state index in [9.17, 15) is 19.5 Å². The summed E-state index contributed by atoms with van der Waals surface area (Å²) in [5.41, 5.74) is 0.0567. The minimum atomic E-state index is -0.676. The second-order valence-electron chi connectivity index (χ2n) is 10.0. The van der Waals surface area contributed by atoms with E-state index in [1.807, 2.05) is 0 Å². The number of rotatable bonds is 4. The Kier molecular flexibility index (Phi) is 3.32. The number of carbonyl (C=O) groups is 3. The smallest absolute Gasteiger partial charge is 0.236 e. The molecular weight excluding hydrogens is 348 g/mol. The van der Waals surface area contributed by atoms with Gasteiger partial charge in [-0.1, -0.05) is 0 Å². The molecular formula is C20H26N2O5. The number of carbonyl (C=O) groups excluding carboxylic acids is 3. The van der Waals surface area contributed by atoms with E-state index in [-0.39, 0.29) is 35.7 Å². The van der Waals surface area contributed by atoms with Crippen molar-refractivity contribution in [3.05, 3.63) is 0 Å². The number of fused-ring (bicyclic) bond motifs is 5. The standard InChI is InChI=1S/C20H26N2O5/c23-12(5-20-3-10-1-11(4-20)7-21(6-10)9-20)8-22-18(25)15-14-2-13(24)17(27-14)16(15)19(22)26/h10-11,13-17,24H,1-9H2. The summed E-state index contributed by atoms with van der Waals surface area (Å²) < 4.78 is 5.63. The Balaban J connectivity index is 1.16. The molecule has 6 heterocycles. The van der Waals surface area contributed by atoms with Gasteiger partial charge in [-0.15, -0.1) is 0 Å². The van der Waals surface area contributed by atoms with Crippen LogP contribution in [0.25, 0.3) is 0 Å². The topological polar surface area (TPSA) is 87.1 Å². The second-order valence-corrected chi connectivity index (χ2v) is 10.0. The molecule has 7 unspecified atom stereocenters. The van der Waals surface area contributed by atoms with Gasteiger partial charge < -0.3 is 14.7 Å². The minimum absolute atomic E-state index is 0.00800. The third-order valence-electron chi connectivity index (χ3n) is 8.04. The highest BCUT2D eigenvalue weighted by Gasteiger charge is 2.65. The Morgan fingerprint density at radius 1 is 1.11 bits per heavy atom. The summed E-state index contributed by atoms with van der Waals surface area (Å²) in [6.45, 7) is 3.23. The minimum Gasteiger partial charge on any atom is -0.390 e. The van der Waals surface area contributed by atoms with Gasteiger partial charge in [0.1, 0.15) is 0 Å². The Morgan fingerprint density at radius 3 is 2.52 bits per heavy atom. The lowest BCUT2D eigenvalue weighted by Gasteiger charge is -2.58. The number of imide groups is 1. The molecule has 0 aromatic carbocycles. The number of hydrogen-bond acceptors (Lipinski definition) is 6. The lowest BCUT2D eigenvalue weighted by molar-refractivity contribution is -0.147. The Bertz CT molecular complexity index is 701. The van der Waals surface area contributed by atoms with Crippen molar-refractivity contribution in [2.45, 2.75) is 50.4 Å². The summed E-state index contributed by atoms with van der Waals surface area (Å²) in [5.74, 6) is -0.251. The fraction of sp³-hybridized carbons (Fsp3) is 0.850. The van der Waals surface area contributed by atoms with Crippen LogP contribution < -0.4 is 0 Å². The predicted molar refractivity (Wildman–Crippen MR) is 92.3 cm³/mol. The number of aliphatic hydroxyl groups excluding tert-OH is 1.